The lowest BCUT2D eigenvalue weighted by molar-refractivity contribution is 0.0153. The molecule has 5 rings (SSSR count). The molecule has 1 N–H and O–H groups in total. The third-order valence-corrected chi connectivity index (χ3v) is 6.49. The van der Waals surface area contributed by atoms with Crippen LogP contribution in [0.25, 0.3) is 0 Å². The van der Waals surface area contributed by atoms with Gasteiger partial charge in [-0.05, 0) is 31.5 Å². The number of hydrogen-bond donors (Lipinski definition) is 1. The summed E-state index contributed by atoms with van der Waals surface area (Å²) in [5.41, 5.74) is 2.35. The number of pyridine rings is 1. The number of aromatic nitrogens is 1. The number of allylic oxidation sites excluding steroid dienone is 2. The van der Waals surface area contributed by atoms with Crippen molar-refractivity contribution in [2.45, 2.75) is 38.3 Å². The standard InChI is InChI=1S/C25H28N4O4/c1-17(28-11-13-32-14-12-28)23-8-9-24(33-23)25(31)29-21(19-6-2-3-7-22(19)30)15-20(27-29)18-5-4-10-26-16-18/h2,4-6,8-10,16-17,21,30H,3,7,11-15H2,1H3. The summed E-state index contributed by atoms with van der Waals surface area (Å²) in [6, 6.07) is 7.01. The van der Waals surface area contributed by atoms with Crippen molar-refractivity contribution in [2.75, 3.05) is 26.3 Å². The third kappa shape index (κ3) is 4.36. The van der Waals surface area contributed by atoms with Gasteiger partial charge in [-0.15, -0.1) is 0 Å². The number of carbonyl (C=O) groups excluding carboxylic acids is 1. The lowest BCUT2D eigenvalue weighted by Crippen LogP contribution is -2.37. The Hall–Kier alpha value is -3.23. The molecule has 4 heterocycles. The van der Waals surface area contributed by atoms with Gasteiger partial charge in [0.05, 0.1) is 36.8 Å². The zero-order chi connectivity index (χ0) is 22.8. The topological polar surface area (TPSA) is 91.4 Å². The normalized spacial score (nSPS) is 22.5. The number of furan rings is 1. The minimum absolute atomic E-state index is 0.0484. The molecule has 8 nitrogen and oxygen atoms in total. The van der Waals surface area contributed by atoms with E-state index in [0.29, 0.717) is 31.8 Å². The number of hydrogen-bond acceptors (Lipinski definition) is 7. The highest BCUT2D eigenvalue weighted by Crippen LogP contribution is 2.32. The van der Waals surface area contributed by atoms with E-state index in [2.05, 4.69) is 21.9 Å². The highest BCUT2D eigenvalue weighted by molar-refractivity contribution is 6.04. The first-order valence-corrected chi connectivity index (χ1v) is 11.4. The molecule has 2 unspecified atom stereocenters. The van der Waals surface area contributed by atoms with Gasteiger partial charge in [0, 0.05) is 49.5 Å². The maximum absolute atomic E-state index is 13.5. The predicted molar refractivity (Wildman–Crippen MR) is 123 cm³/mol. The van der Waals surface area contributed by atoms with E-state index in [4.69, 9.17) is 9.15 Å². The minimum atomic E-state index is -0.394. The van der Waals surface area contributed by atoms with E-state index in [1.807, 2.05) is 30.4 Å². The van der Waals surface area contributed by atoms with Crippen LogP contribution in [0.15, 0.2) is 69.7 Å². The molecule has 2 aromatic heterocycles. The van der Waals surface area contributed by atoms with Crippen LogP contribution in [0.2, 0.25) is 0 Å². The average Bonchev–Trinajstić information content (AvgIpc) is 3.53. The van der Waals surface area contributed by atoms with Gasteiger partial charge >= 0.3 is 5.91 Å². The molecule has 3 aliphatic rings. The zero-order valence-electron chi connectivity index (χ0n) is 18.7. The van der Waals surface area contributed by atoms with Crippen LogP contribution in [-0.4, -0.2) is 64.0 Å². The first-order valence-electron chi connectivity index (χ1n) is 11.4. The first-order chi connectivity index (χ1) is 16.1. The molecule has 1 amide bonds. The van der Waals surface area contributed by atoms with Gasteiger partial charge in [0.15, 0.2) is 5.76 Å². The summed E-state index contributed by atoms with van der Waals surface area (Å²) < 4.78 is 11.5. The van der Waals surface area contributed by atoms with Gasteiger partial charge in [-0.2, -0.15) is 5.10 Å². The SMILES string of the molecule is CC(c1ccc(C(=O)N2N=C(c3cccnc3)CC2C2=C(O)CCC=C2)o1)N1CCOCC1. The first kappa shape index (κ1) is 21.6. The Balaban J connectivity index is 1.43. The molecule has 172 valence electrons. The average molecular weight is 449 g/mol. The van der Waals surface area contributed by atoms with Gasteiger partial charge in [-0.3, -0.25) is 14.7 Å². The number of nitrogens with zero attached hydrogens (tertiary/aromatic N) is 4. The van der Waals surface area contributed by atoms with Gasteiger partial charge in [-0.1, -0.05) is 18.2 Å². The van der Waals surface area contributed by atoms with Crippen LogP contribution >= 0.6 is 0 Å². The van der Waals surface area contributed by atoms with Crippen molar-refractivity contribution in [1.29, 1.82) is 0 Å². The summed E-state index contributed by atoms with van der Waals surface area (Å²) >= 11 is 0. The van der Waals surface area contributed by atoms with Crippen LogP contribution in [0.3, 0.4) is 0 Å². The van der Waals surface area contributed by atoms with Crippen LogP contribution in [0.4, 0.5) is 0 Å². The molecule has 0 radical (unpaired) electrons. The fraction of sp³-hybridized carbons (Fsp3) is 0.400. The largest absolute Gasteiger partial charge is 0.512 e. The molecule has 2 aliphatic heterocycles. The summed E-state index contributed by atoms with van der Waals surface area (Å²) in [6.07, 6.45) is 9.22. The molecular formula is C25H28N4O4. The maximum atomic E-state index is 13.5. The highest BCUT2D eigenvalue weighted by atomic mass is 16.5. The summed E-state index contributed by atoms with van der Waals surface area (Å²) in [5.74, 6) is 0.973. The summed E-state index contributed by atoms with van der Waals surface area (Å²) in [7, 11) is 0. The van der Waals surface area contributed by atoms with Crippen molar-refractivity contribution in [2.24, 2.45) is 5.10 Å². The Bertz CT molecular complexity index is 1100. The molecule has 1 fully saturated rings. The maximum Gasteiger partial charge on any atom is 0.310 e. The quantitative estimate of drug-likeness (QED) is 0.747. The van der Waals surface area contributed by atoms with Crippen molar-refractivity contribution in [3.63, 3.8) is 0 Å². The molecule has 2 aromatic rings. The summed E-state index contributed by atoms with van der Waals surface area (Å²) in [4.78, 5) is 20.0. The van der Waals surface area contributed by atoms with E-state index in [1.165, 1.54) is 5.01 Å². The van der Waals surface area contributed by atoms with Crippen molar-refractivity contribution in [1.82, 2.24) is 14.9 Å². The fourth-order valence-corrected chi connectivity index (χ4v) is 4.57. The highest BCUT2D eigenvalue weighted by Gasteiger charge is 2.37. The number of rotatable bonds is 5. The smallest absolute Gasteiger partial charge is 0.310 e. The van der Waals surface area contributed by atoms with E-state index >= 15 is 0 Å². The Morgan fingerprint density at radius 1 is 1.24 bits per heavy atom. The van der Waals surface area contributed by atoms with Crippen LogP contribution in [0, 0.1) is 0 Å². The van der Waals surface area contributed by atoms with E-state index < -0.39 is 6.04 Å². The van der Waals surface area contributed by atoms with Crippen molar-refractivity contribution >= 4 is 11.6 Å². The molecule has 8 heteroatoms. The van der Waals surface area contributed by atoms with Gasteiger partial charge in [0.2, 0.25) is 0 Å². The summed E-state index contributed by atoms with van der Waals surface area (Å²) in [5, 5.41) is 16.7. The number of ether oxygens (including phenoxy) is 1. The van der Waals surface area contributed by atoms with Crippen molar-refractivity contribution < 1.29 is 19.1 Å². The predicted octanol–water partition coefficient (Wildman–Crippen LogP) is 3.85. The molecular weight excluding hydrogens is 420 g/mol. The Kier molecular flexibility index (Phi) is 6.11. The van der Waals surface area contributed by atoms with Crippen LogP contribution in [0.1, 0.15) is 54.1 Å². The Morgan fingerprint density at radius 3 is 2.85 bits per heavy atom. The number of morpholine rings is 1. The van der Waals surface area contributed by atoms with Crippen LogP contribution in [0.5, 0.6) is 0 Å². The molecule has 33 heavy (non-hydrogen) atoms. The second-order valence-electron chi connectivity index (χ2n) is 8.53. The number of aliphatic hydroxyl groups is 1. The molecule has 0 saturated carbocycles. The van der Waals surface area contributed by atoms with E-state index in [9.17, 15) is 9.90 Å². The molecule has 1 aliphatic carbocycles. The number of hydrazone groups is 1. The van der Waals surface area contributed by atoms with Crippen molar-refractivity contribution in [3.05, 3.63) is 77.2 Å². The van der Waals surface area contributed by atoms with E-state index in [-0.39, 0.29) is 17.7 Å². The van der Waals surface area contributed by atoms with Gasteiger partial charge in [0.25, 0.3) is 0 Å². The number of carbonyl (C=O) groups is 1. The number of amides is 1. The lowest BCUT2D eigenvalue weighted by atomic mass is 9.93. The molecule has 2 atom stereocenters. The second kappa shape index (κ2) is 9.33. The molecule has 0 aromatic carbocycles. The Morgan fingerprint density at radius 2 is 2.09 bits per heavy atom. The molecule has 0 bridgehead atoms. The van der Waals surface area contributed by atoms with Crippen LogP contribution in [-0.2, 0) is 4.74 Å². The second-order valence-corrected chi connectivity index (χ2v) is 8.53. The van der Waals surface area contributed by atoms with E-state index in [1.54, 1.807) is 18.5 Å². The lowest BCUT2D eigenvalue weighted by Gasteiger charge is -2.31. The van der Waals surface area contributed by atoms with Crippen molar-refractivity contribution in [3.8, 4) is 0 Å². The van der Waals surface area contributed by atoms with Gasteiger partial charge in [0.1, 0.15) is 5.76 Å². The minimum Gasteiger partial charge on any atom is -0.512 e. The molecule has 0 spiro atoms. The number of aliphatic hydroxyl groups excluding tert-OH is 1. The van der Waals surface area contributed by atoms with Gasteiger partial charge < -0.3 is 14.3 Å². The van der Waals surface area contributed by atoms with Crippen LogP contribution < -0.4 is 0 Å². The zero-order valence-corrected chi connectivity index (χ0v) is 18.7. The fourth-order valence-electron chi connectivity index (χ4n) is 4.57. The van der Waals surface area contributed by atoms with Gasteiger partial charge in [-0.25, -0.2) is 5.01 Å². The molecule has 1 saturated heterocycles. The van der Waals surface area contributed by atoms with E-state index in [0.717, 1.165) is 42.1 Å². The monoisotopic (exact) mass is 448 g/mol. The Labute approximate surface area is 192 Å². The third-order valence-electron chi connectivity index (χ3n) is 6.49. The summed E-state index contributed by atoms with van der Waals surface area (Å²) in [6.45, 7) is 5.13.